The summed E-state index contributed by atoms with van der Waals surface area (Å²) in [6.07, 6.45) is -2.93. The first-order valence-electron chi connectivity index (χ1n) is 7.84. The van der Waals surface area contributed by atoms with Crippen LogP contribution in [0.1, 0.15) is 21.5 Å². The molecule has 0 aliphatic rings. The van der Waals surface area contributed by atoms with Crippen molar-refractivity contribution in [1.29, 1.82) is 0 Å². The van der Waals surface area contributed by atoms with Gasteiger partial charge in [-0.05, 0) is 30.3 Å². The predicted octanol–water partition coefficient (Wildman–Crippen LogP) is 4.18. The summed E-state index contributed by atoms with van der Waals surface area (Å²) >= 11 is 5.68. The number of aromatic nitrogens is 2. The number of methoxy groups -OCH3 is 1. The number of alkyl halides is 3. The number of carbonyl (C=O) groups is 1. The normalized spacial score (nSPS) is 11.6. The average molecular weight is 398 g/mol. The van der Waals surface area contributed by atoms with Crippen LogP contribution in [0.4, 0.5) is 13.2 Å². The molecule has 142 valence electrons. The third-order valence-electron chi connectivity index (χ3n) is 4.12. The largest absolute Gasteiger partial charge is 0.496 e. The first kappa shape index (κ1) is 19.0. The second-order valence-electron chi connectivity index (χ2n) is 5.84. The Labute approximate surface area is 157 Å². The molecule has 3 aromatic rings. The first-order valence-corrected chi connectivity index (χ1v) is 8.22. The Hall–Kier alpha value is -2.74. The quantitative estimate of drug-likeness (QED) is 0.718. The van der Waals surface area contributed by atoms with Gasteiger partial charge in [-0.3, -0.25) is 4.79 Å². The molecule has 0 radical (unpaired) electrons. The fourth-order valence-electron chi connectivity index (χ4n) is 2.83. The Bertz CT molecular complexity index is 1010. The third-order valence-corrected chi connectivity index (χ3v) is 4.44. The molecule has 1 aromatic heterocycles. The molecule has 1 N–H and O–H groups in total. The number of ether oxygens (including phenoxy) is 1. The number of aryl methyl sites for hydroxylation is 1. The van der Waals surface area contributed by atoms with Crippen molar-refractivity contribution < 1.29 is 22.7 Å². The minimum absolute atomic E-state index is 0.0316. The Balaban J connectivity index is 1.85. The topological polar surface area (TPSA) is 56.1 Å². The molecule has 1 amide bonds. The fraction of sp³-hybridized carbons (Fsp3) is 0.222. The first-order chi connectivity index (χ1) is 12.7. The average Bonchev–Trinajstić information content (AvgIpc) is 2.99. The molecule has 0 saturated heterocycles. The molecule has 0 fully saturated rings. The lowest BCUT2D eigenvalue weighted by atomic mass is 10.1. The van der Waals surface area contributed by atoms with E-state index in [1.807, 2.05) is 7.05 Å². The van der Waals surface area contributed by atoms with Crippen molar-refractivity contribution >= 4 is 28.5 Å². The van der Waals surface area contributed by atoms with Crippen LogP contribution in [-0.4, -0.2) is 22.6 Å². The van der Waals surface area contributed by atoms with E-state index in [2.05, 4.69) is 10.3 Å². The van der Waals surface area contributed by atoms with Crippen molar-refractivity contribution in [1.82, 2.24) is 14.9 Å². The predicted molar refractivity (Wildman–Crippen MR) is 94.9 cm³/mol. The molecular formula is C18H15ClF3N3O2. The zero-order chi connectivity index (χ0) is 19.8. The van der Waals surface area contributed by atoms with Crippen molar-refractivity contribution in [3.63, 3.8) is 0 Å². The van der Waals surface area contributed by atoms with Gasteiger partial charge in [-0.2, -0.15) is 13.2 Å². The van der Waals surface area contributed by atoms with E-state index < -0.39 is 22.7 Å². The number of nitrogens with one attached hydrogen (secondary N) is 1. The number of benzene rings is 2. The maximum absolute atomic E-state index is 12.8. The Morgan fingerprint density at radius 1 is 1.30 bits per heavy atom. The summed E-state index contributed by atoms with van der Waals surface area (Å²) < 4.78 is 45.5. The molecule has 0 aliphatic heterocycles. The van der Waals surface area contributed by atoms with Gasteiger partial charge in [-0.25, -0.2) is 4.98 Å². The van der Waals surface area contributed by atoms with Crippen LogP contribution in [0, 0.1) is 0 Å². The maximum atomic E-state index is 12.8. The fourth-order valence-corrected chi connectivity index (χ4v) is 3.12. The Morgan fingerprint density at radius 3 is 2.67 bits per heavy atom. The zero-order valence-electron chi connectivity index (χ0n) is 14.4. The van der Waals surface area contributed by atoms with E-state index in [-0.39, 0.29) is 12.1 Å². The van der Waals surface area contributed by atoms with Crippen molar-refractivity contribution in [2.45, 2.75) is 12.7 Å². The van der Waals surface area contributed by atoms with Gasteiger partial charge in [0, 0.05) is 24.7 Å². The highest BCUT2D eigenvalue weighted by atomic mass is 35.5. The van der Waals surface area contributed by atoms with Gasteiger partial charge in [0.15, 0.2) is 0 Å². The van der Waals surface area contributed by atoms with Crippen LogP contribution in [0.15, 0.2) is 36.7 Å². The number of rotatable bonds is 4. The van der Waals surface area contributed by atoms with Crippen LogP contribution in [0.3, 0.4) is 0 Å². The summed E-state index contributed by atoms with van der Waals surface area (Å²) in [5.74, 6) is 0.0173. The Kier molecular flexibility index (Phi) is 5.01. The minimum Gasteiger partial charge on any atom is -0.496 e. The van der Waals surface area contributed by atoms with Crippen LogP contribution in [-0.2, 0) is 19.8 Å². The SMILES string of the molecule is COc1ccc2ncn(C)c2c1CNC(=O)c1ccc(C(F)(F)F)c(Cl)c1. The molecular weight excluding hydrogens is 383 g/mol. The Morgan fingerprint density at radius 2 is 2.04 bits per heavy atom. The highest BCUT2D eigenvalue weighted by molar-refractivity contribution is 6.31. The van der Waals surface area contributed by atoms with Crippen LogP contribution >= 0.6 is 11.6 Å². The van der Waals surface area contributed by atoms with E-state index in [1.165, 1.54) is 7.11 Å². The molecule has 5 nitrogen and oxygen atoms in total. The summed E-state index contributed by atoms with van der Waals surface area (Å²) in [5, 5.41) is 2.16. The number of carbonyl (C=O) groups excluding carboxylic acids is 1. The van der Waals surface area contributed by atoms with Gasteiger partial charge in [0.2, 0.25) is 0 Å². The lowest BCUT2D eigenvalue weighted by Crippen LogP contribution is -2.23. The number of imidazole rings is 1. The number of hydrogen-bond acceptors (Lipinski definition) is 3. The van der Waals surface area contributed by atoms with Crippen molar-refractivity contribution in [2.75, 3.05) is 7.11 Å². The number of hydrogen-bond donors (Lipinski definition) is 1. The smallest absolute Gasteiger partial charge is 0.417 e. The standard InChI is InChI=1S/C18H15ClF3N3O2/c1-25-9-24-14-5-6-15(27-2)11(16(14)25)8-23-17(26)10-3-4-12(13(19)7-10)18(20,21)22/h3-7,9H,8H2,1-2H3,(H,23,26). The second kappa shape index (κ2) is 7.11. The molecule has 9 heteroatoms. The number of nitrogens with zero attached hydrogens (tertiary/aromatic N) is 2. The molecule has 0 spiro atoms. The molecule has 3 rings (SSSR count). The molecule has 0 saturated carbocycles. The zero-order valence-corrected chi connectivity index (χ0v) is 15.1. The number of fused-ring (bicyclic) bond motifs is 1. The molecule has 27 heavy (non-hydrogen) atoms. The van der Waals surface area contributed by atoms with E-state index in [0.29, 0.717) is 11.3 Å². The van der Waals surface area contributed by atoms with Crippen molar-refractivity contribution in [3.8, 4) is 5.75 Å². The number of halogens is 4. The lowest BCUT2D eigenvalue weighted by molar-refractivity contribution is -0.137. The molecule has 1 heterocycles. The van der Waals surface area contributed by atoms with Crippen molar-refractivity contribution in [3.05, 3.63) is 58.4 Å². The van der Waals surface area contributed by atoms with Gasteiger partial charge in [0.05, 0.1) is 35.1 Å². The summed E-state index contributed by atoms with van der Waals surface area (Å²) in [5.41, 5.74) is 1.28. The van der Waals surface area contributed by atoms with Crippen LogP contribution in [0.5, 0.6) is 5.75 Å². The summed E-state index contributed by atoms with van der Waals surface area (Å²) in [6, 6.07) is 6.42. The van der Waals surface area contributed by atoms with Gasteiger partial charge in [-0.1, -0.05) is 11.6 Å². The van der Waals surface area contributed by atoms with Gasteiger partial charge in [-0.15, -0.1) is 0 Å². The monoisotopic (exact) mass is 397 g/mol. The molecule has 0 bridgehead atoms. The van der Waals surface area contributed by atoms with E-state index >= 15 is 0 Å². The molecule has 2 aromatic carbocycles. The van der Waals surface area contributed by atoms with E-state index in [4.69, 9.17) is 16.3 Å². The van der Waals surface area contributed by atoms with E-state index in [9.17, 15) is 18.0 Å². The maximum Gasteiger partial charge on any atom is 0.417 e. The van der Waals surface area contributed by atoms with Gasteiger partial charge in [0.25, 0.3) is 5.91 Å². The molecule has 0 aliphatic carbocycles. The molecule has 0 atom stereocenters. The molecule has 0 unspecified atom stereocenters. The van der Waals surface area contributed by atoms with Crippen LogP contribution < -0.4 is 10.1 Å². The lowest BCUT2D eigenvalue weighted by Gasteiger charge is -2.13. The minimum atomic E-state index is -4.57. The van der Waals surface area contributed by atoms with E-state index in [0.717, 1.165) is 29.2 Å². The van der Waals surface area contributed by atoms with Crippen LogP contribution in [0.25, 0.3) is 11.0 Å². The van der Waals surface area contributed by atoms with E-state index in [1.54, 1.807) is 23.0 Å². The van der Waals surface area contributed by atoms with Gasteiger partial charge >= 0.3 is 6.18 Å². The highest BCUT2D eigenvalue weighted by Gasteiger charge is 2.33. The summed E-state index contributed by atoms with van der Waals surface area (Å²) in [4.78, 5) is 16.6. The number of amides is 1. The van der Waals surface area contributed by atoms with Crippen LogP contribution in [0.2, 0.25) is 5.02 Å². The van der Waals surface area contributed by atoms with Gasteiger partial charge < -0.3 is 14.6 Å². The second-order valence-corrected chi connectivity index (χ2v) is 6.25. The summed E-state index contributed by atoms with van der Waals surface area (Å²) in [6.45, 7) is 0.109. The summed E-state index contributed by atoms with van der Waals surface area (Å²) in [7, 11) is 3.33. The van der Waals surface area contributed by atoms with Crippen molar-refractivity contribution in [2.24, 2.45) is 7.05 Å². The third kappa shape index (κ3) is 3.71. The highest BCUT2D eigenvalue weighted by Crippen LogP contribution is 2.35. The van der Waals surface area contributed by atoms with Gasteiger partial charge in [0.1, 0.15) is 5.75 Å².